The van der Waals surface area contributed by atoms with Gasteiger partial charge in [-0.1, -0.05) is 0 Å². The van der Waals surface area contributed by atoms with E-state index in [0.717, 1.165) is 5.56 Å². The van der Waals surface area contributed by atoms with Crippen molar-refractivity contribution in [2.45, 2.75) is 25.4 Å². The molecule has 0 saturated carbocycles. The number of terminal acetylenes is 1. The average Bonchev–Trinajstić information content (AvgIpc) is 2.30. The minimum atomic E-state index is -0.644. The van der Waals surface area contributed by atoms with Crippen LogP contribution in [0.4, 0.5) is 0 Å². The average molecular weight is 217 g/mol. The van der Waals surface area contributed by atoms with E-state index in [1.807, 2.05) is 19.1 Å². The lowest BCUT2D eigenvalue weighted by Gasteiger charge is -2.16. The van der Waals surface area contributed by atoms with E-state index >= 15 is 0 Å². The lowest BCUT2D eigenvalue weighted by Crippen LogP contribution is -2.41. The normalized spacial score (nSPS) is 13.6. The molecule has 1 unspecified atom stereocenters. The van der Waals surface area contributed by atoms with E-state index in [4.69, 9.17) is 12.2 Å². The summed E-state index contributed by atoms with van der Waals surface area (Å²) < 4.78 is 0. The number of carbonyl (C=O) groups excluding carboxylic acids is 1. The second-order valence-electron chi connectivity index (χ2n) is 3.53. The zero-order chi connectivity index (χ0) is 12.0. The summed E-state index contributed by atoms with van der Waals surface area (Å²) >= 11 is 0. The Morgan fingerprint density at radius 3 is 2.81 bits per heavy atom. The molecule has 0 fully saturated rings. The van der Waals surface area contributed by atoms with E-state index in [-0.39, 0.29) is 18.4 Å². The van der Waals surface area contributed by atoms with Crippen LogP contribution in [0.25, 0.3) is 0 Å². The monoisotopic (exact) mass is 217 g/mol. The van der Waals surface area contributed by atoms with Crippen LogP contribution in [-0.4, -0.2) is 16.9 Å². The Kier molecular flexibility index (Phi) is 4.49. The van der Waals surface area contributed by atoms with Gasteiger partial charge in [0.2, 0.25) is 5.91 Å². The maximum atomic E-state index is 11.6. The van der Waals surface area contributed by atoms with Gasteiger partial charge in [0.1, 0.15) is 0 Å². The van der Waals surface area contributed by atoms with Crippen molar-refractivity contribution < 1.29 is 4.79 Å². The number of rotatable bonds is 4. The number of hydrogen-bond acceptors (Lipinski definition) is 3. The number of nitrogens with zero attached hydrogens (tertiary/aromatic N) is 1. The van der Waals surface area contributed by atoms with Crippen molar-refractivity contribution in [3.63, 3.8) is 0 Å². The van der Waals surface area contributed by atoms with Gasteiger partial charge in [-0.2, -0.15) is 0 Å². The number of pyridine rings is 1. The van der Waals surface area contributed by atoms with Gasteiger partial charge in [-0.05, 0) is 24.6 Å². The molecule has 2 atom stereocenters. The molecule has 0 aliphatic rings. The smallest absolute Gasteiger partial charge is 0.238 e. The van der Waals surface area contributed by atoms with Crippen LogP contribution in [0.15, 0.2) is 24.5 Å². The van der Waals surface area contributed by atoms with Crippen LogP contribution in [0.3, 0.4) is 0 Å². The molecule has 1 heterocycles. The zero-order valence-corrected chi connectivity index (χ0v) is 9.18. The minimum Gasteiger partial charge on any atom is -0.348 e. The predicted octanol–water partition coefficient (Wildman–Crippen LogP) is 0.609. The number of aromatic nitrogens is 1. The van der Waals surface area contributed by atoms with E-state index in [2.05, 4.69) is 16.2 Å². The first-order valence-corrected chi connectivity index (χ1v) is 5.04. The Labute approximate surface area is 95.3 Å². The Morgan fingerprint density at radius 1 is 1.62 bits per heavy atom. The van der Waals surface area contributed by atoms with E-state index < -0.39 is 6.04 Å². The van der Waals surface area contributed by atoms with Gasteiger partial charge in [0.25, 0.3) is 0 Å². The highest BCUT2D eigenvalue weighted by Gasteiger charge is 2.15. The standard InChI is InChI=1S/C12H15N3O/c1-3-4-11(13)12(16)15-9(2)10-5-7-14-8-6-10/h1,5-9,11H,4,13H2,2H3,(H,15,16)/t9-,11?/m0/s1. The number of carbonyl (C=O) groups is 1. The fourth-order valence-electron chi connectivity index (χ4n) is 1.28. The SMILES string of the molecule is C#CCC(N)C(=O)N[C@@H](C)c1ccncc1. The Bertz CT molecular complexity index is 383. The summed E-state index contributed by atoms with van der Waals surface area (Å²) in [5.41, 5.74) is 6.57. The van der Waals surface area contributed by atoms with Gasteiger partial charge in [-0.15, -0.1) is 12.3 Å². The lowest BCUT2D eigenvalue weighted by atomic mass is 10.1. The largest absolute Gasteiger partial charge is 0.348 e. The quantitative estimate of drug-likeness (QED) is 0.726. The summed E-state index contributed by atoms with van der Waals surface area (Å²) in [6, 6.07) is 2.95. The van der Waals surface area contributed by atoms with Crippen molar-refractivity contribution in [3.05, 3.63) is 30.1 Å². The molecule has 1 aromatic heterocycles. The molecule has 0 radical (unpaired) electrons. The zero-order valence-electron chi connectivity index (χ0n) is 9.18. The van der Waals surface area contributed by atoms with E-state index in [1.165, 1.54) is 0 Å². The fraction of sp³-hybridized carbons (Fsp3) is 0.333. The van der Waals surface area contributed by atoms with Crippen molar-refractivity contribution in [2.75, 3.05) is 0 Å². The Morgan fingerprint density at radius 2 is 2.25 bits per heavy atom. The first kappa shape index (κ1) is 12.2. The second-order valence-corrected chi connectivity index (χ2v) is 3.53. The van der Waals surface area contributed by atoms with Gasteiger partial charge in [0.05, 0.1) is 12.1 Å². The highest BCUT2D eigenvalue weighted by molar-refractivity contribution is 5.82. The van der Waals surface area contributed by atoms with Crippen LogP contribution >= 0.6 is 0 Å². The van der Waals surface area contributed by atoms with Crippen molar-refractivity contribution in [2.24, 2.45) is 5.73 Å². The van der Waals surface area contributed by atoms with E-state index in [1.54, 1.807) is 12.4 Å². The molecule has 0 aromatic carbocycles. The molecule has 16 heavy (non-hydrogen) atoms. The molecular weight excluding hydrogens is 202 g/mol. The van der Waals surface area contributed by atoms with Gasteiger partial charge >= 0.3 is 0 Å². The molecule has 0 bridgehead atoms. The molecule has 1 rings (SSSR count). The third-order valence-corrected chi connectivity index (χ3v) is 2.24. The Balaban J connectivity index is 2.56. The maximum Gasteiger partial charge on any atom is 0.238 e. The van der Waals surface area contributed by atoms with Crippen LogP contribution in [0.2, 0.25) is 0 Å². The molecule has 3 N–H and O–H groups in total. The Hall–Kier alpha value is -1.86. The van der Waals surface area contributed by atoms with Crippen molar-refractivity contribution in [1.82, 2.24) is 10.3 Å². The number of hydrogen-bond donors (Lipinski definition) is 2. The third kappa shape index (κ3) is 3.37. The highest BCUT2D eigenvalue weighted by Crippen LogP contribution is 2.10. The number of nitrogens with two attached hydrogens (primary N) is 1. The van der Waals surface area contributed by atoms with Crippen molar-refractivity contribution in [1.29, 1.82) is 0 Å². The molecule has 0 aliphatic carbocycles. The van der Waals surface area contributed by atoms with Crippen LogP contribution in [0.1, 0.15) is 24.9 Å². The molecule has 1 amide bonds. The van der Waals surface area contributed by atoms with Gasteiger partial charge < -0.3 is 11.1 Å². The maximum absolute atomic E-state index is 11.6. The first-order chi connectivity index (χ1) is 7.65. The molecule has 0 spiro atoms. The summed E-state index contributed by atoms with van der Waals surface area (Å²) in [4.78, 5) is 15.5. The summed E-state index contributed by atoms with van der Waals surface area (Å²) in [6.07, 6.45) is 8.70. The van der Waals surface area contributed by atoms with Crippen LogP contribution < -0.4 is 11.1 Å². The fourth-order valence-corrected chi connectivity index (χ4v) is 1.28. The number of nitrogens with one attached hydrogen (secondary N) is 1. The minimum absolute atomic E-state index is 0.0978. The summed E-state index contributed by atoms with van der Waals surface area (Å²) in [6.45, 7) is 1.88. The van der Waals surface area contributed by atoms with Gasteiger partial charge in [-0.25, -0.2) is 0 Å². The molecule has 84 valence electrons. The van der Waals surface area contributed by atoms with Gasteiger partial charge in [-0.3, -0.25) is 9.78 Å². The van der Waals surface area contributed by atoms with E-state index in [0.29, 0.717) is 0 Å². The summed E-state index contributed by atoms with van der Waals surface area (Å²) in [5, 5.41) is 2.79. The summed E-state index contributed by atoms with van der Waals surface area (Å²) in [7, 11) is 0. The molecule has 1 aromatic rings. The predicted molar refractivity (Wildman–Crippen MR) is 62.2 cm³/mol. The molecule has 0 saturated heterocycles. The highest BCUT2D eigenvalue weighted by atomic mass is 16.2. The van der Waals surface area contributed by atoms with Crippen LogP contribution in [0, 0.1) is 12.3 Å². The molecule has 4 nitrogen and oxygen atoms in total. The van der Waals surface area contributed by atoms with Crippen molar-refractivity contribution >= 4 is 5.91 Å². The molecule has 4 heteroatoms. The van der Waals surface area contributed by atoms with Crippen LogP contribution in [0.5, 0.6) is 0 Å². The molecule has 0 aliphatic heterocycles. The topological polar surface area (TPSA) is 68.0 Å². The second kappa shape index (κ2) is 5.89. The first-order valence-electron chi connectivity index (χ1n) is 5.04. The summed E-state index contributed by atoms with van der Waals surface area (Å²) in [5.74, 6) is 2.13. The van der Waals surface area contributed by atoms with Crippen molar-refractivity contribution in [3.8, 4) is 12.3 Å². The van der Waals surface area contributed by atoms with Crippen LogP contribution in [-0.2, 0) is 4.79 Å². The number of amides is 1. The lowest BCUT2D eigenvalue weighted by molar-refractivity contribution is -0.122. The third-order valence-electron chi connectivity index (χ3n) is 2.24. The van der Waals surface area contributed by atoms with E-state index in [9.17, 15) is 4.79 Å². The van der Waals surface area contributed by atoms with Gasteiger partial charge in [0, 0.05) is 18.8 Å². The molecular formula is C12H15N3O. The van der Waals surface area contributed by atoms with Gasteiger partial charge in [0.15, 0.2) is 0 Å².